The standard InChI is InChI=1S/C29H35ClFN3O3/c1-19(25-16-22(30)15-20-17-34(24-9-10-24)32-26(20)25)36-18-29(21-5-7-23(31)8-6-21)11-13-33(14-12-29)27(35)37-28(2,3)4/h5-8,15-17,19,24H,9-14,18H2,1-4H3. The Morgan fingerprint density at radius 1 is 1.19 bits per heavy atom. The van der Waals surface area contributed by atoms with E-state index in [9.17, 15) is 9.18 Å². The summed E-state index contributed by atoms with van der Waals surface area (Å²) < 4.78 is 27.9. The first-order valence-electron chi connectivity index (χ1n) is 13.1. The SMILES string of the molecule is CC(OCC1(c2ccc(F)cc2)CCN(C(=O)OC(C)(C)C)CC1)c1cc(Cl)cc2cn(C3CC3)nc12. The van der Waals surface area contributed by atoms with Crippen LogP contribution in [0.25, 0.3) is 10.9 Å². The molecule has 5 rings (SSSR count). The smallest absolute Gasteiger partial charge is 0.410 e. The lowest BCUT2D eigenvalue weighted by Crippen LogP contribution is -2.48. The second-order valence-corrected chi connectivity index (χ2v) is 11.9. The summed E-state index contributed by atoms with van der Waals surface area (Å²) in [4.78, 5) is 14.4. The quantitative estimate of drug-likeness (QED) is 0.340. The molecule has 0 spiro atoms. The minimum absolute atomic E-state index is 0.245. The lowest BCUT2D eigenvalue weighted by molar-refractivity contribution is -0.00934. The first-order valence-corrected chi connectivity index (χ1v) is 13.4. The Morgan fingerprint density at radius 3 is 2.49 bits per heavy atom. The molecule has 1 amide bonds. The van der Waals surface area contributed by atoms with Gasteiger partial charge in [0.1, 0.15) is 11.4 Å². The fraction of sp³-hybridized carbons (Fsp3) is 0.517. The van der Waals surface area contributed by atoms with Crippen molar-refractivity contribution in [3.8, 4) is 0 Å². The predicted octanol–water partition coefficient (Wildman–Crippen LogP) is 7.21. The molecule has 0 N–H and O–H groups in total. The van der Waals surface area contributed by atoms with Gasteiger partial charge < -0.3 is 14.4 Å². The van der Waals surface area contributed by atoms with Gasteiger partial charge in [0.15, 0.2) is 0 Å². The second kappa shape index (κ2) is 9.91. The maximum Gasteiger partial charge on any atom is 0.410 e. The van der Waals surface area contributed by atoms with E-state index in [1.807, 2.05) is 56.6 Å². The van der Waals surface area contributed by atoms with Gasteiger partial charge in [0, 0.05) is 40.7 Å². The minimum Gasteiger partial charge on any atom is -0.444 e. The van der Waals surface area contributed by atoms with E-state index in [0.717, 1.165) is 34.9 Å². The van der Waals surface area contributed by atoms with E-state index in [2.05, 4.69) is 6.20 Å². The monoisotopic (exact) mass is 527 g/mol. The third kappa shape index (κ3) is 5.78. The molecule has 2 aliphatic rings. The van der Waals surface area contributed by atoms with Gasteiger partial charge in [-0.1, -0.05) is 23.7 Å². The first-order chi connectivity index (χ1) is 17.5. The highest BCUT2D eigenvalue weighted by molar-refractivity contribution is 6.31. The minimum atomic E-state index is -0.546. The summed E-state index contributed by atoms with van der Waals surface area (Å²) in [6, 6.07) is 11.0. The van der Waals surface area contributed by atoms with E-state index in [0.29, 0.717) is 43.6 Å². The predicted molar refractivity (Wildman–Crippen MR) is 142 cm³/mol. The number of carbonyl (C=O) groups excluding carboxylic acids is 1. The van der Waals surface area contributed by atoms with Gasteiger partial charge in [-0.3, -0.25) is 4.68 Å². The van der Waals surface area contributed by atoms with Gasteiger partial charge in [0.05, 0.1) is 24.3 Å². The number of benzene rings is 2. The molecule has 2 aromatic carbocycles. The van der Waals surface area contributed by atoms with Crippen LogP contribution < -0.4 is 0 Å². The van der Waals surface area contributed by atoms with Crippen LogP contribution in [0.5, 0.6) is 0 Å². The zero-order valence-electron chi connectivity index (χ0n) is 22.0. The Hall–Kier alpha value is -2.64. The van der Waals surface area contributed by atoms with E-state index >= 15 is 0 Å². The van der Waals surface area contributed by atoms with Crippen molar-refractivity contribution in [2.45, 2.75) is 76.5 Å². The maximum atomic E-state index is 13.8. The van der Waals surface area contributed by atoms with Crippen molar-refractivity contribution < 1.29 is 18.7 Å². The zero-order valence-corrected chi connectivity index (χ0v) is 22.7. The van der Waals surface area contributed by atoms with Gasteiger partial charge in [0.2, 0.25) is 0 Å². The Labute approximate surface area is 222 Å². The van der Waals surface area contributed by atoms with Gasteiger partial charge in [-0.15, -0.1) is 0 Å². The number of fused-ring (bicyclic) bond motifs is 1. The van der Waals surface area contributed by atoms with Crippen molar-refractivity contribution in [3.63, 3.8) is 0 Å². The molecule has 2 heterocycles. The van der Waals surface area contributed by atoms with Gasteiger partial charge in [-0.2, -0.15) is 5.10 Å². The third-order valence-electron chi connectivity index (χ3n) is 7.42. The lowest BCUT2D eigenvalue weighted by Gasteiger charge is -2.42. The molecule has 1 aromatic heterocycles. The number of nitrogens with zero attached hydrogens (tertiary/aromatic N) is 3. The Morgan fingerprint density at radius 2 is 1.86 bits per heavy atom. The summed E-state index contributed by atoms with van der Waals surface area (Å²) in [5.41, 5.74) is 1.99. The molecule has 1 saturated heterocycles. The van der Waals surface area contributed by atoms with Crippen molar-refractivity contribution in [1.82, 2.24) is 14.7 Å². The van der Waals surface area contributed by atoms with Crippen LogP contribution in [0.3, 0.4) is 0 Å². The second-order valence-electron chi connectivity index (χ2n) is 11.5. The third-order valence-corrected chi connectivity index (χ3v) is 7.64. The summed E-state index contributed by atoms with van der Waals surface area (Å²) in [6.07, 6.45) is 5.21. The fourth-order valence-electron chi connectivity index (χ4n) is 5.12. The van der Waals surface area contributed by atoms with Crippen LogP contribution in [-0.4, -0.2) is 46.1 Å². The average Bonchev–Trinajstić information content (AvgIpc) is 3.61. The topological polar surface area (TPSA) is 56.6 Å². The molecule has 8 heteroatoms. The number of rotatable bonds is 6. The summed E-state index contributed by atoms with van der Waals surface area (Å²) >= 11 is 6.47. The summed E-state index contributed by atoms with van der Waals surface area (Å²) in [7, 11) is 0. The van der Waals surface area contributed by atoms with E-state index in [1.165, 1.54) is 12.1 Å². The highest BCUT2D eigenvalue weighted by atomic mass is 35.5. The van der Waals surface area contributed by atoms with Crippen molar-refractivity contribution >= 4 is 28.6 Å². The molecule has 0 bridgehead atoms. The van der Waals surface area contributed by atoms with Crippen molar-refractivity contribution in [1.29, 1.82) is 0 Å². The fourth-order valence-corrected chi connectivity index (χ4v) is 5.35. The van der Waals surface area contributed by atoms with Gasteiger partial charge in [0.25, 0.3) is 0 Å². The number of aromatic nitrogens is 2. The molecule has 6 nitrogen and oxygen atoms in total. The summed E-state index contributed by atoms with van der Waals surface area (Å²) in [5, 5.41) is 6.53. The normalized spacial score (nSPS) is 18.7. The van der Waals surface area contributed by atoms with Crippen molar-refractivity contribution in [3.05, 3.63) is 64.6 Å². The molecule has 198 valence electrons. The molecular weight excluding hydrogens is 493 g/mol. The number of ether oxygens (including phenoxy) is 2. The number of hydrogen-bond acceptors (Lipinski definition) is 4. The number of halogens is 2. The van der Waals surface area contributed by atoms with E-state index in [4.69, 9.17) is 26.2 Å². The maximum absolute atomic E-state index is 13.8. The van der Waals surface area contributed by atoms with Crippen LogP contribution in [-0.2, 0) is 14.9 Å². The first kappa shape index (κ1) is 26.0. The van der Waals surface area contributed by atoms with E-state index in [1.54, 1.807) is 4.90 Å². The molecule has 1 atom stereocenters. The molecular formula is C29H35ClFN3O3. The Balaban J connectivity index is 1.36. The molecule has 1 aliphatic carbocycles. The highest BCUT2D eigenvalue weighted by Gasteiger charge is 2.39. The Bertz CT molecular complexity index is 1270. The molecule has 0 radical (unpaired) electrons. The van der Waals surface area contributed by atoms with Crippen LogP contribution >= 0.6 is 11.6 Å². The van der Waals surface area contributed by atoms with Crippen molar-refractivity contribution in [2.75, 3.05) is 19.7 Å². The van der Waals surface area contributed by atoms with Crippen LogP contribution in [0.15, 0.2) is 42.6 Å². The zero-order chi connectivity index (χ0) is 26.4. The number of hydrogen-bond donors (Lipinski definition) is 0. The lowest BCUT2D eigenvalue weighted by atomic mass is 9.73. The van der Waals surface area contributed by atoms with Crippen molar-refractivity contribution in [2.24, 2.45) is 0 Å². The highest BCUT2D eigenvalue weighted by Crippen LogP contribution is 2.40. The molecule has 1 aliphatic heterocycles. The molecule has 37 heavy (non-hydrogen) atoms. The average molecular weight is 528 g/mol. The number of carbonyl (C=O) groups is 1. The molecule has 3 aromatic rings. The van der Waals surface area contributed by atoms with Crippen LogP contribution in [0.4, 0.5) is 9.18 Å². The summed E-state index contributed by atoms with van der Waals surface area (Å²) in [6.45, 7) is 9.14. The number of piperidine rings is 1. The van der Waals surface area contributed by atoms with Gasteiger partial charge in [-0.05, 0) is 83.2 Å². The van der Waals surface area contributed by atoms with E-state index in [-0.39, 0.29) is 23.4 Å². The van der Waals surface area contributed by atoms with Gasteiger partial charge >= 0.3 is 6.09 Å². The largest absolute Gasteiger partial charge is 0.444 e. The van der Waals surface area contributed by atoms with Crippen LogP contribution in [0.1, 0.15) is 76.7 Å². The van der Waals surface area contributed by atoms with Crippen LogP contribution in [0.2, 0.25) is 5.02 Å². The number of amides is 1. The number of likely N-dealkylation sites (tertiary alicyclic amines) is 1. The van der Waals surface area contributed by atoms with E-state index < -0.39 is 5.60 Å². The van der Waals surface area contributed by atoms with Gasteiger partial charge in [-0.25, -0.2) is 9.18 Å². The Kier molecular flexibility index (Phi) is 6.96. The van der Waals surface area contributed by atoms with Crippen LogP contribution in [0, 0.1) is 5.82 Å². The molecule has 1 unspecified atom stereocenters. The summed E-state index contributed by atoms with van der Waals surface area (Å²) in [5.74, 6) is -0.271. The molecule has 2 fully saturated rings. The molecule has 1 saturated carbocycles.